The number of carbonyl (C=O) groups excluding carboxylic acids is 2. The Morgan fingerprint density at radius 2 is 1.05 bits per heavy atom. The van der Waals surface area contributed by atoms with Gasteiger partial charge in [0.15, 0.2) is 0 Å². The Kier molecular flexibility index (Phi) is 14.9. The maximum atomic E-state index is 13.5. The van der Waals surface area contributed by atoms with E-state index in [0.29, 0.717) is 32.1 Å². The van der Waals surface area contributed by atoms with E-state index < -0.39 is 10.0 Å². The van der Waals surface area contributed by atoms with Crippen LogP contribution in [-0.4, -0.2) is 32.0 Å². The van der Waals surface area contributed by atoms with Crippen molar-refractivity contribution in [2.24, 2.45) is 11.8 Å². The number of anilines is 4. The summed E-state index contributed by atoms with van der Waals surface area (Å²) in [5.74, 6) is 0.543. The number of sulfonamides is 1. The third-order valence-corrected chi connectivity index (χ3v) is 12.7. The summed E-state index contributed by atoms with van der Waals surface area (Å²) < 4.78 is 27.6. The highest BCUT2D eigenvalue weighted by molar-refractivity contribution is 7.89. The number of carbonyl (C=O) groups is 2. The van der Waals surface area contributed by atoms with E-state index in [0.717, 1.165) is 78.5 Å². The highest BCUT2D eigenvalue weighted by atomic mass is 32.2. The lowest BCUT2D eigenvalue weighted by Gasteiger charge is -2.32. The lowest BCUT2D eigenvalue weighted by atomic mass is 9.85. The standard InChI is InChI=1S/C25H34N2O3S.C23H23NO/c1-2-3-4-11-20-31(29,30)26-22-18-16-21(17-19-22)25(28)27(23-12-7-5-8-13-23)24-14-9-6-10-15-24;25-23(19-11-3-1-4-12-19)24(20-14-5-2-6-15-20)22-17-9-13-18-10-7-8-16-21(18)22/h5-10,12-15,21-22,26H,2-4,11,16-20H2,1H3;2,5-10,13-17,19H,1,3-4,11-12H2. The Bertz CT molecular complexity index is 2030. The summed E-state index contributed by atoms with van der Waals surface area (Å²) in [5, 5.41) is 2.29. The van der Waals surface area contributed by atoms with Crippen LogP contribution in [0.4, 0.5) is 22.7 Å². The third-order valence-electron chi connectivity index (χ3n) is 11.1. The third kappa shape index (κ3) is 10.9. The number of unbranched alkanes of at least 4 members (excludes halogenated alkanes) is 3. The zero-order valence-electron chi connectivity index (χ0n) is 32.8. The SMILES string of the molecule is CCCCCCS(=O)(=O)NC1CCC(C(=O)N(c2ccccc2)c2ccccc2)CC1.O=C(C1CCCCC1)N(c1ccccc1)c1cccc2ccccc12. The molecule has 2 fully saturated rings. The molecule has 0 heterocycles. The zero-order valence-corrected chi connectivity index (χ0v) is 33.6. The van der Waals surface area contributed by atoms with Gasteiger partial charge < -0.3 is 0 Å². The lowest BCUT2D eigenvalue weighted by Crippen LogP contribution is -2.42. The Morgan fingerprint density at radius 3 is 1.64 bits per heavy atom. The first-order chi connectivity index (χ1) is 27.3. The normalized spacial score (nSPS) is 17.4. The van der Waals surface area contributed by atoms with Crippen LogP contribution >= 0.6 is 0 Å². The Morgan fingerprint density at radius 1 is 0.554 bits per heavy atom. The molecule has 294 valence electrons. The molecule has 5 aromatic rings. The summed E-state index contributed by atoms with van der Waals surface area (Å²) in [7, 11) is -3.25. The molecule has 8 heteroatoms. The highest BCUT2D eigenvalue weighted by Gasteiger charge is 2.32. The van der Waals surface area contributed by atoms with Crippen molar-refractivity contribution in [3.63, 3.8) is 0 Å². The van der Waals surface area contributed by atoms with E-state index in [1.54, 1.807) is 4.90 Å². The molecular formula is C48H57N3O4S. The van der Waals surface area contributed by atoms with Gasteiger partial charge in [0, 0.05) is 40.3 Å². The van der Waals surface area contributed by atoms with Gasteiger partial charge in [0.05, 0.1) is 11.4 Å². The minimum Gasteiger partial charge on any atom is -0.281 e. The van der Waals surface area contributed by atoms with Crippen LogP contribution in [0.2, 0.25) is 0 Å². The van der Waals surface area contributed by atoms with E-state index >= 15 is 0 Å². The summed E-state index contributed by atoms with van der Waals surface area (Å²) in [6.07, 6.45) is 12.2. The van der Waals surface area contributed by atoms with E-state index in [2.05, 4.69) is 35.9 Å². The molecule has 0 aliphatic heterocycles. The average Bonchev–Trinajstić information content (AvgIpc) is 3.24. The number of hydrogen-bond acceptors (Lipinski definition) is 4. The molecule has 0 radical (unpaired) electrons. The molecule has 0 aromatic heterocycles. The molecule has 0 bridgehead atoms. The van der Waals surface area contributed by atoms with Gasteiger partial charge in [-0.25, -0.2) is 13.1 Å². The molecule has 7 rings (SSSR count). The summed E-state index contributed by atoms with van der Waals surface area (Å²) in [4.78, 5) is 30.7. The molecule has 5 aromatic carbocycles. The number of nitrogens with one attached hydrogen (secondary N) is 1. The van der Waals surface area contributed by atoms with Gasteiger partial charge in [-0.15, -0.1) is 0 Å². The van der Waals surface area contributed by atoms with Gasteiger partial charge in [-0.3, -0.25) is 19.4 Å². The first kappa shape index (κ1) is 40.9. The fraction of sp³-hybridized carbons (Fsp3) is 0.375. The molecule has 0 spiro atoms. The van der Waals surface area contributed by atoms with Crippen LogP contribution in [0, 0.1) is 11.8 Å². The fourth-order valence-corrected chi connectivity index (χ4v) is 9.57. The number of hydrogen-bond donors (Lipinski definition) is 1. The second-order valence-corrected chi connectivity index (χ2v) is 17.1. The smallest absolute Gasteiger partial charge is 0.234 e. The van der Waals surface area contributed by atoms with Gasteiger partial charge in [0.2, 0.25) is 21.8 Å². The van der Waals surface area contributed by atoms with Gasteiger partial charge in [-0.2, -0.15) is 0 Å². The number of rotatable bonds is 13. The summed E-state index contributed by atoms with van der Waals surface area (Å²) in [5.41, 5.74) is 3.65. The van der Waals surface area contributed by atoms with E-state index in [9.17, 15) is 18.0 Å². The predicted molar refractivity (Wildman–Crippen MR) is 231 cm³/mol. The van der Waals surface area contributed by atoms with Crippen molar-refractivity contribution >= 4 is 55.4 Å². The van der Waals surface area contributed by atoms with Gasteiger partial charge in [0.25, 0.3) is 0 Å². The molecule has 7 nitrogen and oxygen atoms in total. The van der Waals surface area contributed by atoms with Crippen molar-refractivity contribution in [1.29, 1.82) is 0 Å². The number of nitrogens with zero attached hydrogens (tertiary/aromatic N) is 2. The Balaban J connectivity index is 0.000000194. The number of benzene rings is 5. The second kappa shape index (κ2) is 20.4. The lowest BCUT2D eigenvalue weighted by molar-refractivity contribution is -0.123. The van der Waals surface area contributed by atoms with E-state index in [4.69, 9.17) is 0 Å². The van der Waals surface area contributed by atoms with Crippen molar-refractivity contribution in [3.8, 4) is 0 Å². The number of amides is 2. The van der Waals surface area contributed by atoms with Crippen molar-refractivity contribution in [2.45, 2.75) is 96.4 Å². The van der Waals surface area contributed by atoms with Crippen LogP contribution in [0.25, 0.3) is 10.8 Å². The van der Waals surface area contributed by atoms with Crippen LogP contribution in [0.3, 0.4) is 0 Å². The van der Waals surface area contributed by atoms with Crippen molar-refractivity contribution in [2.75, 3.05) is 15.6 Å². The topological polar surface area (TPSA) is 86.8 Å². The predicted octanol–water partition coefficient (Wildman–Crippen LogP) is 11.5. The first-order valence-electron chi connectivity index (χ1n) is 20.7. The quantitative estimate of drug-likeness (QED) is 0.121. The molecular weight excluding hydrogens is 715 g/mol. The first-order valence-corrected chi connectivity index (χ1v) is 22.3. The number of para-hydroxylation sites is 3. The van der Waals surface area contributed by atoms with Crippen molar-refractivity contribution in [1.82, 2.24) is 4.72 Å². The van der Waals surface area contributed by atoms with Crippen LogP contribution in [0.1, 0.15) is 90.4 Å². The van der Waals surface area contributed by atoms with Gasteiger partial charge in [-0.1, -0.05) is 136 Å². The van der Waals surface area contributed by atoms with Gasteiger partial charge >= 0.3 is 0 Å². The molecule has 2 aliphatic rings. The average molecular weight is 772 g/mol. The summed E-state index contributed by atoms with van der Waals surface area (Å²) in [6.45, 7) is 2.11. The maximum Gasteiger partial charge on any atom is 0.234 e. The minimum atomic E-state index is -3.25. The molecule has 2 aliphatic carbocycles. The zero-order chi connectivity index (χ0) is 39.2. The maximum absolute atomic E-state index is 13.5. The summed E-state index contributed by atoms with van der Waals surface area (Å²) >= 11 is 0. The summed E-state index contributed by atoms with van der Waals surface area (Å²) in [6, 6.07) is 43.9. The molecule has 56 heavy (non-hydrogen) atoms. The monoisotopic (exact) mass is 771 g/mol. The molecule has 0 unspecified atom stereocenters. The molecule has 2 amide bonds. The van der Waals surface area contributed by atoms with E-state index in [-0.39, 0.29) is 35.4 Å². The van der Waals surface area contributed by atoms with Crippen LogP contribution in [-0.2, 0) is 19.6 Å². The molecule has 1 N–H and O–H groups in total. The molecule has 2 saturated carbocycles. The van der Waals surface area contributed by atoms with Crippen molar-refractivity contribution in [3.05, 3.63) is 133 Å². The van der Waals surface area contributed by atoms with Crippen LogP contribution < -0.4 is 14.5 Å². The van der Waals surface area contributed by atoms with E-state index in [1.165, 1.54) is 6.42 Å². The second-order valence-electron chi connectivity index (χ2n) is 15.2. The van der Waals surface area contributed by atoms with Crippen LogP contribution in [0.5, 0.6) is 0 Å². The van der Waals surface area contributed by atoms with Crippen molar-refractivity contribution < 1.29 is 18.0 Å². The number of fused-ring (bicyclic) bond motifs is 1. The van der Waals surface area contributed by atoms with Gasteiger partial charge in [0.1, 0.15) is 0 Å². The Labute approximate surface area is 334 Å². The van der Waals surface area contributed by atoms with Gasteiger partial charge in [-0.05, 0) is 92.8 Å². The minimum absolute atomic E-state index is 0.0675. The fourth-order valence-electron chi connectivity index (χ4n) is 8.13. The molecule has 0 saturated heterocycles. The Hall–Kier alpha value is -4.79. The van der Waals surface area contributed by atoms with Crippen LogP contribution in [0.15, 0.2) is 133 Å². The largest absolute Gasteiger partial charge is 0.281 e. The van der Waals surface area contributed by atoms with E-state index in [1.807, 2.05) is 114 Å². The highest BCUT2D eigenvalue weighted by Crippen LogP contribution is 2.37. The molecule has 0 atom stereocenters.